The first-order chi connectivity index (χ1) is 17.1. The minimum absolute atomic E-state index is 0.0511. The zero-order chi connectivity index (χ0) is 23.9. The molecule has 0 N–H and O–H groups in total. The topological polar surface area (TPSA) is 55.4 Å². The van der Waals surface area contributed by atoms with Gasteiger partial charge in [-0.05, 0) is 48.9 Å². The van der Waals surface area contributed by atoms with Gasteiger partial charge in [0.15, 0.2) is 5.16 Å². The Morgan fingerprint density at radius 2 is 1.91 bits per heavy atom. The minimum atomic E-state index is -0.0511. The fourth-order valence-electron chi connectivity index (χ4n) is 4.47. The molecule has 5 aromatic rings. The molecular weight excluding hydrogens is 498 g/mol. The highest BCUT2D eigenvalue weighted by atomic mass is 35.5. The molecule has 2 aromatic carbocycles. The van der Waals surface area contributed by atoms with Gasteiger partial charge in [-0.3, -0.25) is 4.79 Å². The second-order valence-electron chi connectivity index (χ2n) is 8.53. The lowest BCUT2D eigenvalue weighted by molar-refractivity contribution is 0.318. The number of likely N-dealkylation sites (N-methyl/N-ethyl adjacent to an activating group) is 1. The Morgan fingerprint density at radius 3 is 2.71 bits per heavy atom. The average Bonchev–Trinajstić information content (AvgIpc) is 3.45. The minimum Gasteiger partial charge on any atom is -0.301 e. The first-order valence-electron chi connectivity index (χ1n) is 11.3. The predicted molar refractivity (Wildman–Crippen MR) is 145 cm³/mol. The van der Waals surface area contributed by atoms with Crippen LogP contribution in [0.15, 0.2) is 70.6 Å². The molecule has 9 heteroatoms. The monoisotopic (exact) mass is 519 g/mol. The lowest BCUT2D eigenvalue weighted by Crippen LogP contribution is -2.27. The number of benzene rings is 2. The molecule has 0 aliphatic carbocycles. The maximum absolute atomic E-state index is 13.9. The van der Waals surface area contributed by atoms with Gasteiger partial charge in [-0.2, -0.15) is 0 Å². The van der Waals surface area contributed by atoms with Crippen molar-refractivity contribution in [3.63, 3.8) is 0 Å². The van der Waals surface area contributed by atoms with Gasteiger partial charge in [0.25, 0.3) is 5.56 Å². The van der Waals surface area contributed by atoms with E-state index in [1.165, 1.54) is 4.88 Å². The summed E-state index contributed by atoms with van der Waals surface area (Å²) in [4.78, 5) is 18.4. The van der Waals surface area contributed by atoms with Crippen molar-refractivity contribution in [1.82, 2.24) is 24.1 Å². The zero-order valence-electron chi connectivity index (χ0n) is 19.0. The molecule has 0 saturated heterocycles. The Hall–Kier alpha value is -2.91. The number of fused-ring (bicyclic) bond motifs is 5. The largest absolute Gasteiger partial charge is 0.301 e. The van der Waals surface area contributed by atoms with E-state index in [0.29, 0.717) is 10.8 Å². The Kier molecular flexibility index (Phi) is 5.98. The van der Waals surface area contributed by atoms with E-state index in [9.17, 15) is 4.79 Å². The van der Waals surface area contributed by atoms with Gasteiger partial charge in [0.05, 0.1) is 11.1 Å². The third-order valence-electron chi connectivity index (χ3n) is 6.17. The number of thiophene rings is 1. The molecule has 0 fully saturated rings. The van der Waals surface area contributed by atoms with Crippen LogP contribution in [-0.2, 0) is 13.0 Å². The number of hydrogen-bond acceptors (Lipinski definition) is 6. The summed E-state index contributed by atoms with van der Waals surface area (Å²) >= 11 is 9.42. The van der Waals surface area contributed by atoms with E-state index in [2.05, 4.69) is 50.8 Å². The van der Waals surface area contributed by atoms with Crippen LogP contribution in [0, 0.1) is 0 Å². The number of aromatic nitrogens is 4. The van der Waals surface area contributed by atoms with Crippen LogP contribution in [-0.4, -0.2) is 43.4 Å². The first-order valence-corrected chi connectivity index (χ1v) is 13.5. The van der Waals surface area contributed by atoms with Gasteiger partial charge in [-0.1, -0.05) is 65.8 Å². The summed E-state index contributed by atoms with van der Waals surface area (Å²) in [5.41, 5.74) is 3.00. The van der Waals surface area contributed by atoms with E-state index in [1.807, 2.05) is 30.3 Å². The highest BCUT2D eigenvalue weighted by Gasteiger charge is 2.26. The van der Waals surface area contributed by atoms with Gasteiger partial charge in [0, 0.05) is 28.7 Å². The van der Waals surface area contributed by atoms with Crippen LogP contribution < -0.4 is 5.56 Å². The number of rotatable bonds is 5. The summed E-state index contributed by atoms with van der Waals surface area (Å²) in [6.07, 6.45) is 5.09. The lowest BCUT2D eigenvalue weighted by Gasteiger charge is -2.21. The molecule has 176 valence electrons. The van der Waals surface area contributed by atoms with E-state index in [-0.39, 0.29) is 5.56 Å². The molecule has 35 heavy (non-hydrogen) atoms. The molecule has 1 aliphatic heterocycles. The van der Waals surface area contributed by atoms with Crippen LogP contribution in [0.3, 0.4) is 0 Å². The van der Waals surface area contributed by atoms with Crippen LogP contribution in [0.4, 0.5) is 0 Å². The van der Waals surface area contributed by atoms with Crippen LogP contribution in [0.25, 0.3) is 27.8 Å². The molecule has 0 unspecified atom stereocenters. The Balaban J connectivity index is 1.50. The SMILES string of the molecule is CN1CCc2c(sc3c2c(=O)n(-c2ccc(Cl)cc2)c2nnc(SCC=Cc4ccccc4)n32)C1. The van der Waals surface area contributed by atoms with Gasteiger partial charge in [-0.15, -0.1) is 21.5 Å². The molecule has 0 atom stereocenters. The number of nitrogens with zero attached hydrogens (tertiary/aromatic N) is 5. The smallest absolute Gasteiger partial charge is 0.268 e. The molecule has 6 nitrogen and oxygen atoms in total. The van der Waals surface area contributed by atoms with E-state index < -0.39 is 0 Å². The highest BCUT2D eigenvalue weighted by Crippen LogP contribution is 2.35. The van der Waals surface area contributed by atoms with Gasteiger partial charge in [0.1, 0.15) is 4.83 Å². The highest BCUT2D eigenvalue weighted by molar-refractivity contribution is 7.99. The summed E-state index contributed by atoms with van der Waals surface area (Å²) in [6, 6.07) is 17.5. The van der Waals surface area contributed by atoms with Crippen molar-refractivity contribution in [1.29, 1.82) is 0 Å². The molecule has 6 rings (SSSR count). The van der Waals surface area contributed by atoms with Gasteiger partial charge >= 0.3 is 0 Å². The second kappa shape index (κ2) is 9.28. The number of thioether (sulfide) groups is 1. The molecule has 0 radical (unpaired) electrons. The quantitative estimate of drug-likeness (QED) is 0.285. The Labute approximate surface area is 215 Å². The van der Waals surface area contributed by atoms with Crippen LogP contribution in [0.1, 0.15) is 16.0 Å². The molecule has 4 heterocycles. The second-order valence-corrected chi connectivity index (χ2v) is 11.0. The van der Waals surface area contributed by atoms with Crippen molar-refractivity contribution >= 4 is 56.8 Å². The molecular formula is C26H22ClN5OS2. The average molecular weight is 520 g/mol. The van der Waals surface area contributed by atoms with Crippen LogP contribution in [0.5, 0.6) is 0 Å². The zero-order valence-corrected chi connectivity index (χ0v) is 21.4. The van der Waals surface area contributed by atoms with Crippen molar-refractivity contribution < 1.29 is 0 Å². The molecule has 0 spiro atoms. The summed E-state index contributed by atoms with van der Waals surface area (Å²) < 4.78 is 3.72. The lowest BCUT2D eigenvalue weighted by atomic mass is 10.1. The number of hydrogen-bond donors (Lipinski definition) is 0. The van der Waals surface area contributed by atoms with Crippen molar-refractivity contribution in [2.45, 2.75) is 18.1 Å². The normalized spacial score (nSPS) is 14.3. The van der Waals surface area contributed by atoms with Crippen molar-refractivity contribution in [3.8, 4) is 5.69 Å². The van der Waals surface area contributed by atoms with Gasteiger partial charge < -0.3 is 4.90 Å². The Morgan fingerprint density at radius 1 is 1.11 bits per heavy atom. The fraction of sp³-hybridized carbons (Fsp3) is 0.192. The fourth-order valence-corrected chi connectivity index (χ4v) is 6.81. The summed E-state index contributed by atoms with van der Waals surface area (Å²) in [7, 11) is 2.12. The van der Waals surface area contributed by atoms with Gasteiger partial charge in [-0.25, -0.2) is 8.97 Å². The maximum Gasteiger partial charge on any atom is 0.268 e. The molecule has 1 aliphatic rings. The predicted octanol–water partition coefficient (Wildman–Crippen LogP) is 5.54. The summed E-state index contributed by atoms with van der Waals surface area (Å²) in [6.45, 7) is 1.78. The third kappa shape index (κ3) is 4.10. The Bertz CT molecular complexity index is 1620. The van der Waals surface area contributed by atoms with E-state index in [0.717, 1.165) is 57.5 Å². The van der Waals surface area contributed by atoms with Crippen molar-refractivity contribution in [2.75, 3.05) is 19.3 Å². The summed E-state index contributed by atoms with van der Waals surface area (Å²) in [5.74, 6) is 1.26. The van der Waals surface area contributed by atoms with Crippen LogP contribution in [0.2, 0.25) is 5.02 Å². The van der Waals surface area contributed by atoms with E-state index >= 15 is 0 Å². The van der Waals surface area contributed by atoms with Gasteiger partial charge in [0.2, 0.25) is 5.78 Å². The van der Waals surface area contributed by atoms with Crippen molar-refractivity contribution in [2.24, 2.45) is 0 Å². The molecule has 0 bridgehead atoms. The standard InChI is InChI=1S/C26H22ClN5OS2/c1-30-14-13-20-21(16-30)35-24-22(20)23(33)31(19-11-9-18(27)10-12-19)25-28-29-26(32(24)25)34-15-5-8-17-6-3-2-4-7-17/h2-12H,13-16H2,1H3. The molecule has 0 saturated carbocycles. The molecule has 3 aromatic heterocycles. The first kappa shape index (κ1) is 22.5. The van der Waals surface area contributed by atoms with E-state index in [1.54, 1.807) is 39.8 Å². The van der Waals surface area contributed by atoms with Crippen molar-refractivity contribution in [3.05, 3.63) is 92.1 Å². The van der Waals surface area contributed by atoms with Crippen LogP contribution >= 0.6 is 34.7 Å². The molecule has 0 amide bonds. The maximum atomic E-state index is 13.9. The summed E-state index contributed by atoms with van der Waals surface area (Å²) in [5, 5.41) is 11.2. The van der Waals surface area contributed by atoms with E-state index in [4.69, 9.17) is 11.6 Å². The number of halogens is 1. The third-order valence-corrected chi connectivity index (χ3v) is 8.50.